The van der Waals surface area contributed by atoms with Crippen molar-refractivity contribution in [2.24, 2.45) is 0 Å². The minimum absolute atomic E-state index is 0.166. The van der Waals surface area contributed by atoms with Gasteiger partial charge in [-0.1, -0.05) is 18.2 Å². The number of nitrogens with zero attached hydrogens (tertiary/aromatic N) is 2. The Labute approximate surface area is 151 Å². The highest BCUT2D eigenvalue weighted by molar-refractivity contribution is 6.35. The van der Waals surface area contributed by atoms with Gasteiger partial charge in [0.15, 0.2) is 0 Å². The summed E-state index contributed by atoms with van der Waals surface area (Å²) in [5.41, 5.74) is 2.07. The lowest BCUT2D eigenvalue weighted by Gasteiger charge is -2.29. The second-order valence-electron chi connectivity index (χ2n) is 6.09. The number of carbonyl (C=O) groups is 3. The van der Waals surface area contributed by atoms with Crippen LogP contribution in [0.5, 0.6) is 0 Å². The molecule has 1 aromatic carbocycles. The van der Waals surface area contributed by atoms with Crippen molar-refractivity contribution in [3.63, 3.8) is 0 Å². The zero-order chi connectivity index (χ0) is 18.7. The molecule has 0 spiro atoms. The van der Waals surface area contributed by atoms with Gasteiger partial charge in [0.1, 0.15) is 5.70 Å². The highest BCUT2D eigenvalue weighted by atomic mass is 16.5. The number of benzene rings is 1. The van der Waals surface area contributed by atoms with Crippen LogP contribution >= 0.6 is 0 Å². The molecule has 0 aromatic heterocycles. The molecular weight excluding hydrogens is 334 g/mol. The normalized spacial score (nSPS) is 17.7. The minimum atomic E-state index is -0.330. The maximum absolute atomic E-state index is 12.9. The summed E-state index contributed by atoms with van der Waals surface area (Å²) < 4.78 is 5.36. The van der Waals surface area contributed by atoms with E-state index in [-0.39, 0.29) is 24.3 Å². The van der Waals surface area contributed by atoms with Crippen LogP contribution < -0.4 is 5.32 Å². The van der Waals surface area contributed by atoms with Gasteiger partial charge in [0.2, 0.25) is 5.91 Å². The van der Waals surface area contributed by atoms with Gasteiger partial charge in [-0.25, -0.2) is 0 Å². The number of ether oxygens (including phenoxy) is 1. The van der Waals surface area contributed by atoms with Gasteiger partial charge < -0.3 is 15.0 Å². The van der Waals surface area contributed by atoms with Crippen LogP contribution in [0.15, 0.2) is 42.6 Å². The quantitative estimate of drug-likeness (QED) is 0.635. The third-order valence-electron chi connectivity index (χ3n) is 4.28. The fourth-order valence-electron chi connectivity index (χ4n) is 3.12. The van der Waals surface area contributed by atoms with Crippen LogP contribution in [0.1, 0.15) is 12.5 Å². The summed E-state index contributed by atoms with van der Waals surface area (Å²) in [5.74, 6) is -0.809. The number of rotatable bonds is 5. The van der Waals surface area contributed by atoms with Gasteiger partial charge in [0.25, 0.3) is 11.8 Å². The van der Waals surface area contributed by atoms with Crippen molar-refractivity contribution in [1.82, 2.24) is 9.80 Å². The Morgan fingerprint density at radius 2 is 1.85 bits per heavy atom. The molecule has 1 saturated heterocycles. The summed E-state index contributed by atoms with van der Waals surface area (Å²) in [6.07, 6.45) is 1.54. The topological polar surface area (TPSA) is 79.0 Å². The molecule has 2 aliphatic rings. The third-order valence-corrected chi connectivity index (χ3v) is 4.28. The molecule has 3 rings (SSSR count). The van der Waals surface area contributed by atoms with Crippen LogP contribution in [0.3, 0.4) is 0 Å². The first kappa shape index (κ1) is 17.9. The number of imide groups is 1. The number of hydrogen-bond donors (Lipinski definition) is 1. The second kappa shape index (κ2) is 7.53. The molecule has 2 aliphatic heterocycles. The highest BCUT2D eigenvalue weighted by Crippen LogP contribution is 2.32. The van der Waals surface area contributed by atoms with Crippen LogP contribution in [0.25, 0.3) is 5.57 Å². The zero-order valence-corrected chi connectivity index (χ0v) is 14.7. The number of hydrogen-bond acceptors (Lipinski definition) is 5. The average Bonchev–Trinajstić information content (AvgIpc) is 2.88. The van der Waals surface area contributed by atoms with Crippen molar-refractivity contribution in [3.8, 4) is 0 Å². The number of amides is 3. The van der Waals surface area contributed by atoms with Crippen LogP contribution in [0.4, 0.5) is 5.69 Å². The van der Waals surface area contributed by atoms with Gasteiger partial charge in [-0.2, -0.15) is 0 Å². The lowest BCUT2D eigenvalue weighted by Crippen LogP contribution is -2.40. The lowest BCUT2D eigenvalue weighted by atomic mass is 10.0. The van der Waals surface area contributed by atoms with E-state index in [1.165, 1.54) is 17.9 Å². The molecule has 26 heavy (non-hydrogen) atoms. The van der Waals surface area contributed by atoms with Gasteiger partial charge in [-0.15, -0.1) is 6.58 Å². The summed E-state index contributed by atoms with van der Waals surface area (Å²) in [4.78, 5) is 40.0. The molecule has 2 heterocycles. The summed E-state index contributed by atoms with van der Waals surface area (Å²) >= 11 is 0. The maximum Gasteiger partial charge on any atom is 0.278 e. The molecule has 1 aromatic rings. The van der Waals surface area contributed by atoms with Crippen LogP contribution in [0.2, 0.25) is 0 Å². The van der Waals surface area contributed by atoms with Crippen molar-refractivity contribution in [3.05, 3.63) is 48.2 Å². The number of anilines is 1. The predicted octanol–water partition coefficient (Wildman–Crippen LogP) is 1.24. The molecule has 7 nitrogen and oxygen atoms in total. The molecule has 0 saturated carbocycles. The Hall–Kier alpha value is -2.93. The van der Waals surface area contributed by atoms with E-state index in [1.54, 1.807) is 24.3 Å². The number of nitrogens with one attached hydrogen (secondary N) is 1. The number of morpholine rings is 1. The molecule has 7 heteroatoms. The molecular formula is C19H21N3O4. The van der Waals surface area contributed by atoms with Crippen molar-refractivity contribution >= 4 is 29.0 Å². The van der Waals surface area contributed by atoms with Crippen molar-refractivity contribution < 1.29 is 19.1 Å². The fourth-order valence-corrected chi connectivity index (χ4v) is 3.12. The molecule has 0 bridgehead atoms. The molecule has 0 radical (unpaired) electrons. The Bertz CT molecular complexity index is 776. The van der Waals surface area contributed by atoms with Crippen molar-refractivity contribution in [2.45, 2.75) is 6.92 Å². The van der Waals surface area contributed by atoms with E-state index in [2.05, 4.69) is 11.9 Å². The van der Waals surface area contributed by atoms with E-state index >= 15 is 0 Å². The van der Waals surface area contributed by atoms with E-state index in [1.807, 2.05) is 4.90 Å². The molecule has 0 aliphatic carbocycles. The van der Waals surface area contributed by atoms with Gasteiger partial charge in [0, 0.05) is 32.2 Å². The van der Waals surface area contributed by atoms with Gasteiger partial charge in [-0.05, 0) is 17.7 Å². The standard InChI is InChI=1S/C19H21N3O4/c1-3-8-22-18(24)16(14-4-6-15(7-5-14)20-13(2)23)17(19(22)25)21-9-11-26-12-10-21/h3-7H,1,8-12H2,2H3,(H,20,23). The second-order valence-corrected chi connectivity index (χ2v) is 6.09. The average molecular weight is 355 g/mol. The minimum Gasteiger partial charge on any atom is -0.378 e. The van der Waals surface area contributed by atoms with Crippen LogP contribution in [0, 0.1) is 0 Å². The maximum atomic E-state index is 12.9. The van der Waals surface area contributed by atoms with Gasteiger partial charge in [-0.3, -0.25) is 19.3 Å². The predicted molar refractivity (Wildman–Crippen MR) is 97.0 cm³/mol. The largest absolute Gasteiger partial charge is 0.378 e. The van der Waals surface area contributed by atoms with Crippen LogP contribution in [-0.4, -0.2) is 60.4 Å². The summed E-state index contributed by atoms with van der Waals surface area (Å²) in [6.45, 7) is 7.37. The van der Waals surface area contributed by atoms with Crippen LogP contribution in [-0.2, 0) is 19.1 Å². The monoisotopic (exact) mass is 355 g/mol. The molecule has 1 fully saturated rings. The Morgan fingerprint density at radius 1 is 1.19 bits per heavy atom. The summed E-state index contributed by atoms with van der Waals surface area (Å²) in [5, 5.41) is 2.69. The molecule has 1 N–H and O–H groups in total. The molecule has 136 valence electrons. The van der Waals surface area contributed by atoms with Crippen molar-refractivity contribution in [2.75, 3.05) is 38.2 Å². The Morgan fingerprint density at radius 3 is 2.42 bits per heavy atom. The van der Waals surface area contributed by atoms with Gasteiger partial charge >= 0.3 is 0 Å². The smallest absolute Gasteiger partial charge is 0.278 e. The lowest BCUT2D eigenvalue weighted by molar-refractivity contribution is -0.137. The first-order valence-corrected chi connectivity index (χ1v) is 8.45. The Balaban J connectivity index is 2.01. The van der Waals surface area contributed by atoms with Crippen molar-refractivity contribution in [1.29, 1.82) is 0 Å². The van der Waals surface area contributed by atoms with Gasteiger partial charge in [0.05, 0.1) is 18.8 Å². The third kappa shape index (κ3) is 3.39. The summed E-state index contributed by atoms with van der Waals surface area (Å²) in [6, 6.07) is 6.91. The van der Waals surface area contributed by atoms with E-state index < -0.39 is 0 Å². The zero-order valence-electron chi connectivity index (χ0n) is 14.7. The highest BCUT2D eigenvalue weighted by Gasteiger charge is 2.41. The SMILES string of the molecule is C=CCN1C(=O)C(c2ccc(NC(C)=O)cc2)=C(N2CCOCC2)C1=O. The molecule has 0 atom stereocenters. The van der Waals surface area contributed by atoms with E-state index in [4.69, 9.17) is 4.74 Å². The molecule has 0 unspecified atom stereocenters. The van der Waals surface area contributed by atoms with E-state index in [0.29, 0.717) is 48.8 Å². The first-order valence-electron chi connectivity index (χ1n) is 8.45. The molecule has 3 amide bonds. The fraction of sp³-hybridized carbons (Fsp3) is 0.316. The first-order chi connectivity index (χ1) is 12.5. The Kier molecular flexibility index (Phi) is 5.18. The van der Waals surface area contributed by atoms with E-state index in [9.17, 15) is 14.4 Å². The summed E-state index contributed by atoms with van der Waals surface area (Å²) in [7, 11) is 0. The van der Waals surface area contributed by atoms with E-state index in [0.717, 1.165) is 0 Å². The number of carbonyl (C=O) groups excluding carboxylic acids is 3.